The van der Waals surface area contributed by atoms with Crippen LogP contribution in [0.15, 0.2) is 22.8 Å². The first-order valence-corrected chi connectivity index (χ1v) is 7.49. The van der Waals surface area contributed by atoms with Crippen LogP contribution < -0.4 is 5.32 Å². The van der Waals surface area contributed by atoms with Crippen molar-refractivity contribution in [2.24, 2.45) is 0 Å². The van der Waals surface area contributed by atoms with Crippen LogP contribution in [0, 0.1) is 0 Å². The first-order valence-electron chi connectivity index (χ1n) is 5.88. The second kappa shape index (κ2) is 5.91. The van der Waals surface area contributed by atoms with E-state index in [2.05, 4.69) is 40.1 Å². The Kier molecular flexibility index (Phi) is 4.48. The molecule has 2 heterocycles. The Balaban J connectivity index is 2.47. The van der Waals surface area contributed by atoms with E-state index in [1.54, 1.807) is 17.5 Å². The lowest BCUT2D eigenvalue weighted by molar-refractivity contribution is 0.771. The minimum absolute atomic E-state index is 0.431. The second-order valence-electron chi connectivity index (χ2n) is 4.35. The van der Waals surface area contributed by atoms with Crippen LogP contribution in [-0.2, 0) is 6.54 Å². The number of hydrogen-bond donors (Lipinski definition) is 1. The quantitative estimate of drug-likeness (QED) is 0.928. The minimum Gasteiger partial charge on any atom is -0.315 e. The number of nitrogens with zero attached hydrogens (tertiary/aromatic N) is 2. The predicted molar refractivity (Wildman–Crippen MR) is 79.9 cm³/mol. The van der Waals surface area contributed by atoms with Crippen molar-refractivity contribution in [2.45, 2.75) is 26.3 Å². The van der Waals surface area contributed by atoms with Crippen molar-refractivity contribution < 1.29 is 0 Å². The van der Waals surface area contributed by atoms with Crippen LogP contribution in [-0.4, -0.2) is 17.0 Å². The van der Waals surface area contributed by atoms with Gasteiger partial charge in [-0.2, -0.15) is 0 Å². The van der Waals surface area contributed by atoms with Crippen molar-refractivity contribution in [1.82, 2.24) is 15.3 Å². The summed E-state index contributed by atoms with van der Waals surface area (Å²) in [5, 5.41) is 4.18. The highest BCUT2D eigenvalue weighted by molar-refractivity contribution is 9.10. The van der Waals surface area contributed by atoms with E-state index in [-0.39, 0.29) is 0 Å². The lowest BCUT2D eigenvalue weighted by Gasteiger charge is -2.03. The molecular formula is C13H16BrN3S. The normalized spacial score (nSPS) is 11.2. The SMILES string of the molecule is CNCc1sc(-c2ncccc2Br)nc1C(C)C. The average molecular weight is 326 g/mol. The molecule has 18 heavy (non-hydrogen) atoms. The zero-order valence-electron chi connectivity index (χ0n) is 10.7. The van der Waals surface area contributed by atoms with Crippen molar-refractivity contribution in [1.29, 1.82) is 0 Å². The molecule has 0 aromatic carbocycles. The number of hydrogen-bond acceptors (Lipinski definition) is 4. The number of halogens is 1. The van der Waals surface area contributed by atoms with Crippen LogP contribution in [0.2, 0.25) is 0 Å². The highest BCUT2D eigenvalue weighted by Gasteiger charge is 2.16. The van der Waals surface area contributed by atoms with E-state index < -0.39 is 0 Å². The Labute approximate surface area is 120 Å². The molecule has 5 heteroatoms. The van der Waals surface area contributed by atoms with E-state index >= 15 is 0 Å². The molecule has 0 spiro atoms. The number of pyridine rings is 1. The summed E-state index contributed by atoms with van der Waals surface area (Å²) in [6.45, 7) is 5.20. The lowest BCUT2D eigenvalue weighted by Crippen LogP contribution is -2.06. The maximum atomic E-state index is 4.75. The molecule has 2 aromatic rings. The van der Waals surface area contributed by atoms with E-state index in [0.717, 1.165) is 21.7 Å². The minimum atomic E-state index is 0.431. The third-order valence-corrected chi connectivity index (χ3v) is 4.29. The first-order chi connectivity index (χ1) is 8.63. The van der Waals surface area contributed by atoms with Crippen LogP contribution in [0.5, 0.6) is 0 Å². The molecule has 2 aromatic heterocycles. The first kappa shape index (κ1) is 13.6. The maximum absolute atomic E-state index is 4.75. The lowest BCUT2D eigenvalue weighted by atomic mass is 10.1. The fraction of sp³-hybridized carbons (Fsp3) is 0.385. The van der Waals surface area contributed by atoms with Crippen molar-refractivity contribution in [3.63, 3.8) is 0 Å². The molecule has 0 fully saturated rings. The van der Waals surface area contributed by atoms with Gasteiger partial charge in [0.05, 0.1) is 5.69 Å². The molecule has 96 valence electrons. The predicted octanol–water partition coefficient (Wildman–Crippen LogP) is 3.81. The molecule has 2 rings (SSSR count). The molecule has 0 aliphatic carbocycles. The molecular weight excluding hydrogens is 310 g/mol. The largest absolute Gasteiger partial charge is 0.315 e. The second-order valence-corrected chi connectivity index (χ2v) is 6.28. The standard InChI is InChI=1S/C13H16BrN3S/c1-8(2)11-10(7-15-3)18-13(17-11)12-9(14)5-4-6-16-12/h4-6,8,15H,7H2,1-3H3. The highest BCUT2D eigenvalue weighted by Crippen LogP contribution is 2.33. The van der Waals surface area contributed by atoms with Crippen LogP contribution in [0.1, 0.15) is 30.3 Å². The van der Waals surface area contributed by atoms with Gasteiger partial charge < -0.3 is 5.32 Å². The van der Waals surface area contributed by atoms with Gasteiger partial charge in [0, 0.05) is 22.1 Å². The molecule has 0 atom stereocenters. The number of nitrogens with one attached hydrogen (secondary N) is 1. The van der Waals surface area contributed by atoms with E-state index in [0.29, 0.717) is 5.92 Å². The number of rotatable bonds is 4. The van der Waals surface area contributed by atoms with Gasteiger partial charge in [0.15, 0.2) is 0 Å². The number of aromatic nitrogens is 2. The van der Waals surface area contributed by atoms with Crippen LogP contribution in [0.25, 0.3) is 10.7 Å². The Bertz CT molecular complexity index is 537. The van der Waals surface area contributed by atoms with Gasteiger partial charge in [-0.1, -0.05) is 13.8 Å². The van der Waals surface area contributed by atoms with Gasteiger partial charge in [0.1, 0.15) is 10.7 Å². The molecule has 0 unspecified atom stereocenters. The summed E-state index contributed by atoms with van der Waals surface area (Å²) in [5.41, 5.74) is 2.09. The Morgan fingerprint density at radius 2 is 2.22 bits per heavy atom. The summed E-state index contributed by atoms with van der Waals surface area (Å²) in [6, 6.07) is 3.91. The summed E-state index contributed by atoms with van der Waals surface area (Å²) in [6.07, 6.45) is 1.80. The van der Waals surface area contributed by atoms with Gasteiger partial charge in [0.2, 0.25) is 0 Å². The summed E-state index contributed by atoms with van der Waals surface area (Å²) >= 11 is 5.24. The fourth-order valence-corrected chi connectivity index (χ4v) is 3.56. The van der Waals surface area contributed by atoms with Crippen molar-refractivity contribution >= 4 is 27.3 Å². The summed E-state index contributed by atoms with van der Waals surface area (Å²) in [7, 11) is 1.96. The van der Waals surface area contributed by atoms with Gasteiger partial charge >= 0.3 is 0 Å². The highest BCUT2D eigenvalue weighted by atomic mass is 79.9. The molecule has 0 radical (unpaired) electrons. The molecule has 0 saturated heterocycles. The summed E-state index contributed by atoms with van der Waals surface area (Å²) < 4.78 is 0.991. The van der Waals surface area contributed by atoms with E-state index in [4.69, 9.17) is 4.98 Å². The molecule has 3 nitrogen and oxygen atoms in total. The zero-order chi connectivity index (χ0) is 13.1. The van der Waals surface area contributed by atoms with Crippen LogP contribution in [0.3, 0.4) is 0 Å². The van der Waals surface area contributed by atoms with Crippen molar-refractivity contribution in [3.8, 4) is 10.7 Å². The summed E-state index contributed by atoms with van der Waals surface area (Å²) in [5.74, 6) is 0.431. The topological polar surface area (TPSA) is 37.8 Å². The van der Waals surface area contributed by atoms with Gasteiger partial charge in [0.25, 0.3) is 0 Å². The molecule has 0 saturated carbocycles. The molecule has 0 aliphatic heterocycles. The smallest absolute Gasteiger partial charge is 0.143 e. The third-order valence-electron chi connectivity index (χ3n) is 2.57. The van der Waals surface area contributed by atoms with Crippen molar-refractivity contribution in [2.75, 3.05) is 7.05 Å². The Morgan fingerprint density at radius 1 is 1.44 bits per heavy atom. The summed E-state index contributed by atoms with van der Waals surface area (Å²) in [4.78, 5) is 10.4. The van der Waals surface area contributed by atoms with Crippen LogP contribution in [0.4, 0.5) is 0 Å². The maximum Gasteiger partial charge on any atom is 0.143 e. The fourth-order valence-electron chi connectivity index (χ4n) is 1.75. The monoisotopic (exact) mass is 325 g/mol. The van der Waals surface area contributed by atoms with Gasteiger partial charge in [-0.25, -0.2) is 4.98 Å². The molecule has 0 aliphatic rings. The van der Waals surface area contributed by atoms with E-state index in [1.165, 1.54) is 10.6 Å². The third kappa shape index (κ3) is 2.79. The Morgan fingerprint density at radius 3 is 2.83 bits per heavy atom. The Hall–Kier alpha value is -0.780. The van der Waals surface area contributed by atoms with Crippen LogP contribution >= 0.6 is 27.3 Å². The average Bonchev–Trinajstić information content (AvgIpc) is 2.74. The zero-order valence-corrected chi connectivity index (χ0v) is 13.1. The van der Waals surface area contributed by atoms with Gasteiger partial charge in [-0.15, -0.1) is 11.3 Å². The molecule has 0 bridgehead atoms. The van der Waals surface area contributed by atoms with Gasteiger partial charge in [-0.3, -0.25) is 4.98 Å². The number of thiazole rings is 1. The van der Waals surface area contributed by atoms with E-state index in [9.17, 15) is 0 Å². The molecule has 1 N–H and O–H groups in total. The van der Waals surface area contributed by atoms with E-state index in [1.807, 2.05) is 19.2 Å². The molecule has 0 amide bonds. The van der Waals surface area contributed by atoms with Crippen molar-refractivity contribution in [3.05, 3.63) is 33.4 Å². The van der Waals surface area contributed by atoms with Gasteiger partial charge in [-0.05, 0) is 41.0 Å².